The number of aliphatic hydroxyl groups is 1. The number of hydrogen-bond donors (Lipinski definition) is 1. The highest BCUT2D eigenvalue weighted by Gasteiger charge is 2.41. The maximum absolute atomic E-state index is 13.2. The number of furan rings is 1. The molecule has 1 aliphatic rings. The van der Waals surface area contributed by atoms with Crippen molar-refractivity contribution in [1.29, 1.82) is 0 Å². The van der Waals surface area contributed by atoms with Crippen LogP contribution in [0, 0.1) is 0 Å². The van der Waals surface area contributed by atoms with Gasteiger partial charge in [-0.25, -0.2) is 0 Å². The number of nitrogens with zero attached hydrogens (tertiary/aromatic N) is 1. The van der Waals surface area contributed by atoms with Crippen molar-refractivity contribution >= 4 is 16.8 Å². The molecule has 0 aliphatic heterocycles. The highest BCUT2D eigenvalue weighted by Crippen LogP contribution is 2.45. The Morgan fingerprint density at radius 2 is 2.00 bits per heavy atom. The molecule has 2 aromatic heterocycles. The van der Waals surface area contributed by atoms with Crippen molar-refractivity contribution in [1.82, 2.24) is 4.98 Å². The van der Waals surface area contributed by atoms with E-state index >= 15 is 0 Å². The van der Waals surface area contributed by atoms with Crippen LogP contribution in [0.15, 0.2) is 41.1 Å². The van der Waals surface area contributed by atoms with E-state index in [2.05, 4.69) is 4.98 Å². The second kappa shape index (κ2) is 6.43. The Morgan fingerprint density at radius 3 is 2.75 bits per heavy atom. The van der Waals surface area contributed by atoms with E-state index in [1.165, 1.54) is 0 Å². The fourth-order valence-electron chi connectivity index (χ4n) is 3.65. The monoisotopic (exact) mass is 381 g/mol. The average Bonchev–Trinajstić information content (AvgIpc) is 3.04. The summed E-state index contributed by atoms with van der Waals surface area (Å²) < 4.78 is 17.0. The quantitative estimate of drug-likeness (QED) is 0.534. The number of aromatic nitrogens is 1. The van der Waals surface area contributed by atoms with Gasteiger partial charge >= 0.3 is 0 Å². The maximum Gasteiger partial charge on any atom is 0.197 e. The third kappa shape index (κ3) is 3.08. The number of ketones is 1. The van der Waals surface area contributed by atoms with Crippen LogP contribution in [0.2, 0.25) is 0 Å². The number of benzene rings is 1. The van der Waals surface area contributed by atoms with Gasteiger partial charge in [-0.15, -0.1) is 0 Å². The molecule has 28 heavy (non-hydrogen) atoms. The molecule has 0 unspecified atom stereocenters. The van der Waals surface area contributed by atoms with Crippen LogP contribution in [0.4, 0.5) is 0 Å². The molecule has 6 nitrogen and oxygen atoms in total. The van der Waals surface area contributed by atoms with E-state index in [1.807, 2.05) is 26.0 Å². The van der Waals surface area contributed by atoms with E-state index < -0.39 is 11.2 Å². The SMILES string of the molecule is CC(C)(O)OCCOc1ccc2c(c1)C(C)(C)c1oc3cnccc3c1C2=O. The predicted molar refractivity (Wildman–Crippen MR) is 104 cm³/mol. The molecule has 0 spiro atoms. The molecule has 1 aliphatic carbocycles. The maximum atomic E-state index is 13.2. The molecule has 1 N–H and O–H groups in total. The van der Waals surface area contributed by atoms with Crippen molar-refractivity contribution in [2.45, 2.75) is 38.9 Å². The van der Waals surface area contributed by atoms with Crippen LogP contribution in [0.3, 0.4) is 0 Å². The van der Waals surface area contributed by atoms with Crippen LogP contribution in [0.1, 0.15) is 54.9 Å². The summed E-state index contributed by atoms with van der Waals surface area (Å²) in [6, 6.07) is 7.28. The van der Waals surface area contributed by atoms with Crippen LogP contribution in [-0.4, -0.2) is 34.9 Å². The van der Waals surface area contributed by atoms with Crippen LogP contribution in [0.25, 0.3) is 11.0 Å². The van der Waals surface area contributed by atoms with Crippen molar-refractivity contribution in [2.75, 3.05) is 13.2 Å². The standard InChI is InChI=1S/C22H23NO5/c1-21(2)16-11-13(26-9-10-27-22(3,4)25)5-6-14(16)19(24)18-15-7-8-23-12-17(15)28-20(18)21/h5-8,11-12,25H,9-10H2,1-4H3. The predicted octanol–water partition coefficient (Wildman–Crippen LogP) is 3.82. The fraction of sp³-hybridized carbons (Fsp3) is 0.364. The number of ether oxygens (including phenoxy) is 2. The van der Waals surface area contributed by atoms with E-state index in [9.17, 15) is 9.90 Å². The van der Waals surface area contributed by atoms with Crippen molar-refractivity contribution in [3.05, 3.63) is 59.1 Å². The van der Waals surface area contributed by atoms with Gasteiger partial charge in [0.1, 0.15) is 18.1 Å². The highest BCUT2D eigenvalue weighted by atomic mass is 16.6. The Labute approximate surface area is 163 Å². The lowest BCUT2D eigenvalue weighted by Crippen LogP contribution is -2.29. The number of rotatable bonds is 5. The average molecular weight is 381 g/mol. The zero-order valence-corrected chi connectivity index (χ0v) is 16.4. The summed E-state index contributed by atoms with van der Waals surface area (Å²) in [7, 11) is 0. The van der Waals surface area contributed by atoms with Gasteiger partial charge in [0.2, 0.25) is 0 Å². The van der Waals surface area contributed by atoms with Gasteiger partial charge in [-0.05, 0) is 57.5 Å². The molecule has 4 rings (SSSR count). The van der Waals surface area contributed by atoms with Crippen molar-refractivity contribution in [3.8, 4) is 5.75 Å². The lowest BCUT2D eigenvalue weighted by molar-refractivity contribution is -0.179. The summed E-state index contributed by atoms with van der Waals surface area (Å²) in [4.78, 5) is 17.3. The molecule has 3 aromatic rings. The Kier molecular flexibility index (Phi) is 4.28. The van der Waals surface area contributed by atoms with Gasteiger partial charge in [0.25, 0.3) is 0 Å². The molecule has 0 radical (unpaired) electrons. The van der Waals surface area contributed by atoms with E-state index in [4.69, 9.17) is 13.9 Å². The number of carbonyl (C=O) groups is 1. The fourth-order valence-corrected chi connectivity index (χ4v) is 3.65. The zero-order valence-electron chi connectivity index (χ0n) is 16.4. The lowest BCUT2D eigenvalue weighted by atomic mass is 9.72. The van der Waals surface area contributed by atoms with Crippen molar-refractivity contribution in [3.63, 3.8) is 0 Å². The van der Waals surface area contributed by atoms with Crippen molar-refractivity contribution in [2.24, 2.45) is 0 Å². The van der Waals surface area contributed by atoms with Gasteiger partial charge in [0, 0.05) is 22.6 Å². The van der Waals surface area contributed by atoms with E-state index in [-0.39, 0.29) is 12.4 Å². The molecule has 0 saturated carbocycles. The van der Waals surface area contributed by atoms with Gasteiger partial charge in [-0.1, -0.05) is 0 Å². The molecule has 2 heterocycles. The van der Waals surface area contributed by atoms with Crippen LogP contribution in [-0.2, 0) is 10.2 Å². The first-order valence-electron chi connectivity index (χ1n) is 9.24. The molecule has 0 bridgehead atoms. The first-order valence-corrected chi connectivity index (χ1v) is 9.24. The summed E-state index contributed by atoms with van der Waals surface area (Å²) >= 11 is 0. The molecule has 0 amide bonds. The molecule has 6 heteroatoms. The molecular weight excluding hydrogens is 358 g/mol. The topological polar surface area (TPSA) is 81.8 Å². The van der Waals surface area contributed by atoms with E-state index in [0.717, 1.165) is 10.9 Å². The van der Waals surface area contributed by atoms with Crippen LogP contribution < -0.4 is 4.74 Å². The Hall–Kier alpha value is -2.70. The second-order valence-electron chi connectivity index (χ2n) is 7.98. The molecule has 1 aromatic carbocycles. The minimum absolute atomic E-state index is 0.0498. The first kappa shape index (κ1) is 18.7. The summed E-state index contributed by atoms with van der Waals surface area (Å²) in [5, 5.41) is 10.4. The zero-order chi connectivity index (χ0) is 20.1. The third-order valence-corrected chi connectivity index (χ3v) is 5.00. The van der Waals surface area contributed by atoms with E-state index in [1.54, 1.807) is 38.4 Å². The van der Waals surface area contributed by atoms with Crippen LogP contribution in [0.5, 0.6) is 5.75 Å². The largest absolute Gasteiger partial charge is 0.491 e. The second-order valence-corrected chi connectivity index (χ2v) is 7.98. The van der Waals surface area contributed by atoms with Crippen LogP contribution >= 0.6 is 0 Å². The minimum atomic E-state index is -1.19. The lowest BCUT2D eigenvalue weighted by Gasteiger charge is -2.30. The Balaban J connectivity index is 1.67. The van der Waals surface area contributed by atoms with Crippen molar-refractivity contribution < 1.29 is 23.8 Å². The normalized spacial score (nSPS) is 15.4. The smallest absolute Gasteiger partial charge is 0.197 e. The minimum Gasteiger partial charge on any atom is -0.491 e. The first-order chi connectivity index (χ1) is 13.2. The molecule has 0 saturated heterocycles. The number of fused-ring (bicyclic) bond motifs is 4. The van der Waals surface area contributed by atoms with Gasteiger partial charge < -0.3 is 19.0 Å². The Bertz CT molecular complexity index is 1060. The summed E-state index contributed by atoms with van der Waals surface area (Å²) in [6.07, 6.45) is 3.31. The Morgan fingerprint density at radius 1 is 1.21 bits per heavy atom. The van der Waals surface area contributed by atoms with E-state index in [0.29, 0.717) is 34.8 Å². The third-order valence-electron chi connectivity index (χ3n) is 5.00. The number of pyridine rings is 1. The van der Waals surface area contributed by atoms with Gasteiger partial charge in [0.15, 0.2) is 17.2 Å². The number of hydrogen-bond acceptors (Lipinski definition) is 6. The van der Waals surface area contributed by atoms with Gasteiger partial charge in [-0.2, -0.15) is 0 Å². The molecular formula is C22H23NO5. The highest BCUT2D eigenvalue weighted by molar-refractivity contribution is 6.19. The number of carbonyl (C=O) groups excluding carboxylic acids is 1. The summed E-state index contributed by atoms with van der Waals surface area (Å²) in [5.74, 6) is 0.0436. The summed E-state index contributed by atoms with van der Waals surface area (Å²) in [5.41, 5.74) is 2.24. The van der Waals surface area contributed by atoms with Gasteiger partial charge in [0.05, 0.1) is 18.4 Å². The molecule has 146 valence electrons. The molecule has 0 atom stereocenters. The van der Waals surface area contributed by atoms with Gasteiger partial charge in [-0.3, -0.25) is 9.78 Å². The molecule has 0 fully saturated rings. The summed E-state index contributed by atoms with van der Waals surface area (Å²) in [6.45, 7) is 7.76.